The van der Waals surface area contributed by atoms with Crippen LogP contribution in [0.3, 0.4) is 0 Å². The van der Waals surface area contributed by atoms with Crippen LogP contribution >= 0.6 is 11.6 Å². The maximum atomic E-state index is 13.7. The lowest BCUT2D eigenvalue weighted by molar-refractivity contribution is -0.698. The van der Waals surface area contributed by atoms with Crippen LogP contribution in [-0.4, -0.2) is 7.25 Å². The van der Waals surface area contributed by atoms with Crippen LogP contribution in [-0.2, 0) is 6.54 Å². The lowest BCUT2D eigenvalue weighted by atomic mass is 10.1. The zero-order chi connectivity index (χ0) is 17.2. The summed E-state index contributed by atoms with van der Waals surface area (Å²) in [6.07, 6.45) is 0. The van der Waals surface area contributed by atoms with E-state index < -0.39 is 29.9 Å². The molecule has 0 spiro atoms. The van der Waals surface area contributed by atoms with E-state index in [0.717, 1.165) is 4.57 Å². The molecule has 0 aliphatic heterocycles. The predicted molar refractivity (Wildman–Crippen MR) is 69.6 cm³/mol. The number of pyridine rings is 1. The summed E-state index contributed by atoms with van der Waals surface area (Å²) in [4.78, 5) is 0. The second-order valence-corrected chi connectivity index (χ2v) is 4.68. The number of halogens is 8. The summed E-state index contributed by atoms with van der Waals surface area (Å²) in [5, 5.41) is -0.599. The average molecular weight is 347 g/mol. The summed E-state index contributed by atoms with van der Waals surface area (Å²) in [6.45, 7) is 3.52. The smallest absolute Gasteiger partial charge is 0.418 e. The van der Waals surface area contributed by atoms with E-state index in [-0.39, 0.29) is 17.4 Å². The zero-order valence-electron chi connectivity index (χ0n) is 11.4. The van der Waals surface area contributed by atoms with Crippen molar-refractivity contribution in [3.63, 3.8) is 0 Å². The highest BCUT2D eigenvalue weighted by molar-refractivity contribution is 6.50. The molecule has 0 unspecified atom stereocenters. The summed E-state index contributed by atoms with van der Waals surface area (Å²) in [7, 11) is -6.00. The highest BCUT2D eigenvalue weighted by Gasteiger charge is 2.27. The Morgan fingerprint density at radius 2 is 1.59 bits per heavy atom. The minimum Gasteiger partial charge on any atom is -0.418 e. The average Bonchev–Trinajstić information content (AvgIpc) is 2.34. The predicted octanol–water partition coefficient (Wildman–Crippen LogP) is 4.83. The Morgan fingerprint density at radius 3 is 2.05 bits per heavy atom. The van der Waals surface area contributed by atoms with Crippen molar-refractivity contribution in [2.24, 2.45) is 0 Å². The Morgan fingerprint density at radius 1 is 1.09 bits per heavy atom. The third-order valence-electron chi connectivity index (χ3n) is 2.65. The molecule has 0 N–H and O–H groups in total. The number of aryl methyl sites for hydroxylation is 2. The van der Waals surface area contributed by atoms with Gasteiger partial charge in [0.1, 0.15) is 22.8 Å². The monoisotopic (exact) mass is 347 g/mol. The van der Waals surface area contributed by atoms with Gasteiger partial charge in [0.25, 0.3) is 0 Å². The van der Waals surface area contributed by atoms with Crippen molar-refractivity contribution in [3.8, 4) is 0 Å². The van der Waals surface area contributed by atoms with Crippen LogP contribution in [0.25, 0.3) is 10.9 Å². The van der Waals surface area contributed by atoms with Gasteiger partial charge in [0.15, 0.2) is 0 Å². The number of aromatic nitrogens is 1. The molecule has 22 heavy (non-hydrogen) atoms. The molecule has 1 heterocycles. The van der Waals surface area contributed by atoms with Crippen LogP contribution in [0.15, 0.2) is 12.1 Å². The molecule has 0 radical (unpaired) electrons. The quantitative estimate of drug-likeness (QED) is 0.301. The standard InChI is InChI=1S/C12H10ClF3N.BF4/c1-3-17-8-5-6(2)4-7(14)9(8)10(13)11(15)12(17)16;2-1(3,4)5/h4-5H,3H2,1-2H3;/q+1;-1. The summed E-state index contributed by atoms with van der Waals surface area (Å²) in [5.74, 6) is -2.94. The lowest BCUT2D eigenvalue weighted by Gasteiger charge is -2.06. The molecule has 0 fully saturated rings. The molecule has 10 heteroatoms. The first-order valence-corrected chi connectivity index (χ1v) is 6.38. The molecular weight excluding hydrogens is 337 g/mol. The molecule has 2 aromatic rings. The van der Waals surface area contributed by atoms with Gasteiger partial charge < -0.3 is 17.3 Å². The van der Waals surface area contributed by atoms with E-state index in [1.54, 1.807) is 19.9 Å². The van der Waals surface area contributed by atoms with Gasteiger partial charge in [0.05, 0.1) is 0 Å². The van der Waals surface area contributed by atoms with Crippen LogP contribution in [0.2, 0.25) is 5.02 Å². The van der Waals surface area contributed by atoms with Gasteiger partial charge in [-0.25, -0.2) is 4.39 Å². The Hall–Kier alpha value is -1.51. The third kappa shape index (κ3) is 4.25. The first-order valence-electron chi connectivity index (χ1n) is 6.00. The number of fused-ring (bicyclic) bond motifs is 1. The van der Waals surface area contributed by atoms with Crippen molar-refractivity contribution in [2.45, 2.75) is 20.4 Å². The molecular formula is C12H10BClF7N. The first-order chi connectivity index (χ1) is 9.97. The van der Waals surface area contributed by atoms with E-state index in [0.29, 0.717) is 5.56 Å². The Kier molecular flexibility index (Phi) is 5.67. The van der Waals surface area contributed by atoms with Crippen molar-refractivity contribution in [2.75, 3.05) is 0 Å². The van der Waals surface area contributed by atoms with Crippen LogP contribution in [0, 0.1) is 24.5 Å². The Labute approximate surface area is 126 Å². The van der Waals surface area contributed by atoms with Gasteiger partial charge in [0.2, 0.25) is 11.3 Å². The van der Waals surface area contributed by atoms with Crippen molar-refractivity contribution in [1.82, 2.24) is 0 Å². The van der Waals surface area contributed by atoms with Gasteiger partial charge in [-0.2, -0.15) is 8.96 Å². The molecule has 122 valence electrons. The topological polar surface area (TPSA) is 3.88 Å². The Balaban J connectivity index is 0.000000422. The third-order valence-corrected chi connectivity index (χ3v) is 3.01. The van der Waals surface area contributed by atoms with Crippen molar-refractivity contribution < 1.29 is 35.0 Å². The molecule has 0 aliphatic rings. The number of hydrogen-bond donors (Lipinski definition) is 0. The molecule has 0 saturated carbocycles. The molecule has 1 aromatic carbocycles. The largest absolute Gasteiger partial charge is 0.673 e. The van der Waals surface area contributed by atoms with Gasteiger partial charge >= 0.3 is 13.2 Å². The maximum absolute atomic E-state index is 13.7. The van der Waals surface area contributed by atoms with Crippen LogP contribution in [0.5, 0.6) is 0 Å². The molecule has 0 saturated heterocycles. The minimum atomic E-state index is -6.00. The van der Waals surface area contributed by atoms with Crippen molar-refractivity contribution >= 4 is 29.8 Å². The zero-order valence-corrected chi connectivity index (χ0v) is 12.2. The second-order valence-electron chi connectivity index (χ2n) is 4.30. The summed E-state index contributed by atoms with van der Waals surface area (Å²) in [5.41, 5.74) is 0.883. The first kappa shape index (κ1) is 18.5. The SMILES string of the molecule is CC[n+]1c(F)c(F)c(Cl)c2c(F)cc(C)cc21.F[B-](F)(F)F. The fourth-order valence-corrected chi connectivity index (χ4v) is 2.15. The number of nitrogens with zero attached hydrogens (tertiary/aromatic N) is 1. The molecule has 0 bridgehead atoms. The van der Waals surface area contributed by atoms with Gasteiger partial charge in [-0.05, 0) is 25.5 Å². The van der Waals surface area contributed by atoms with E-state index >= 15 is 0 Å². The number of rotatable bonds is 1. The summed E-state index contributed by atoms with van der Waals surface area (Å²) < 4.78 is 80.9. The molecule has 0 amide bonds. The van der Waals surface area contributed by atoms with Crippen LogP contribution in [0.4, 0.5) is 30.4 Å². The van der Waals surface area contributed by atoms with Gasteiger partial charge in [-0.1, -0.05) is 11.6 Å². The Bertz CT molecular complexity index is 696. The van der Waals surface area contributed by atoms with Crippen molar-refractivity contribution in [1.29, 1.82) is 0 Å². The van der Waals surface area contributed by atoms with E-state index in [1.807, 2.05) is 0 Å². The van der Waals surface area contributed by atoms with Crippen LogP contribution < -0.4 is 4.57 Å². The van der Waals surface area contributed by atoms with Crippen LogP contribution in [0.1, 0.15) is 12.5 Å². The van der Waals surface area contributed by atoms with Gasteiger partial charge in [-0.3, -0.25) is 0 Å². The van der Waals surface area contributed by atoms with E-state index in [9.17, 15) is 30.4 Å². The molecule has 2 rings (SSSR count). The molecule has 1 aromatic heterocycles. The van der Waals surface area contributed by atoms with Crippen molar-refractivity contribution in [3.05, 3.63) is 40.3 Å². The van der Waals surface area contributed by atoms with E-state index in [4.69, 9.17) is 11.6 Å². The number of benzene rings is 1. The molecule has 0 aliphatic carbocycles. The normalized spacial score (nSPS) is 11.4. The molecule has 1 nitrogen and oxygen atoms in total. The fourth-order valence-electron chi connectivity index (χ4n) is 1.89. The highest BCUT2D eigenvalue weighted by Crippen LogP contribution is 2.28. The number of hydrogen-bond acceptors (Lipinski definition) is 0. The minimum absolute atomic E-state index is 0.0852. The lowest BCUT2D eigenvalue weighted by Crippen LogP contribution is -2.39. The fraction of sp³-hybridized carbons (Fsp3) is 0.250. The summed E-state index contributed by atoms with van der Waals surface area (Å²) in [6, 6.07) is 2.82. The van der Waals surface area contributed by atoms with E-state index in [1.165, 1.54) is 6.07 Å². The van der Waals surface area contributed by atoms with E-state index in [2.05, 4.69) is 0 Å². The maximum Gasteiger partial charge on any atom is 0.673 e. The van der Waals surface area contributed by atoms with Gasteiger partial charge in [0, 0.05) is 6.07 Å². The second kappa shape index (κ2) is 6.72. The molecule has 0 atom stereocenters. The van der Waals surface area contributed by atoms with Gasteiger partial charge in [-0.15, -0.1) is 4.39 Å². The highest BCUT2D eigenvalue weighted by atomic mass is 35.5. The summed E-state index contributed by atoms with van der Waals surface area (Å²) >= 11 is 5.65.